The zero-order chi connectivity index (χ0) is 13.2. The van der Waals surface area contributed by atoms with Gasteiger partial charge in [-0.25, -0.2) is 0 Å². The topological polar surface area (TPSA) is 69.4 Å². The molecular weight excluding hydrogens is 253 g/mol. The van der Waals surface area contributed by atoms with Gasteiger partial charge in [-0.15, -0.1) is 0 Å². The maximum absolute atomic E-state index is 13.2. The second kappa shape index (κ2) is 5.09. The molecule has 0 bridgehead atoms. The van der Waals surface area contributed by atoms with Crippen LogP contribution in [0.15, 0.2) is 12.1 Å². The zero-order valence-electron chi connectivity index (χ0n) is 9.07. The summed E-state index contributed by atoms with van der Waals surface area (Å²) in [7, 11) is 1.19. The van der Waals surface area contributed by atoms with Crippen LogP contribution in [-0.4, -0.2) is 18.0 Å². The Morgan fingerprint density at radius 2 is 2.18 bits per heavy atom. The molecule has 0 aliphatic heterocycles. The van der Waals surface area contributed by atoms with Crippen LogP contribution in [0.5, 0.6) is 0 Å². The average Bonchev–Trinajstić information content (AvgIpc) is 2.26. The monoisotopic (exact) mass is 261 g/mol. The molecule has 5 nitrogen and oxygen atoms in total. The van der Waals surface area contributed by atoms with Gasteiger partial charge in [0, 0.05) is 11.1 Å². The van der Waals surface area contributed by atoms with Crippen LogP contribution in [0, 0.1) is 15.9 Å². The van der Waals surface area contributed by atoms with Gasteiger partial charge in [-0.05, 0) is 18.6 Å². The Kier molecular flexibility index (Phi) is 4.01. The first-order chi connectivity index (χ1) is 7.88. The molecule has 0 fully saturated rings. The third kappa shape index (κ3) is 2.71. The molecule has 1 atom stereocenters. The van der Waals surface area contributed by atoms with E-state index in [-0.39, 0.29) is 10.6 Å². The van der Waals surface area contributed by atoms with Crippen molar-refractivity contribution in [2.45, 2.75) is 12.8 Å². The van der Waals surface area contributed by atoms with Crippen LogP contribution in [0.1, 0.15) is 18.4 Å². The number of rotatable bonds is 3. The second-order valence-electron chi connectivity index (χ2n) is 3.33. The molecule has 0 saturated carbocycles. The summed E-state index contributed by atoms with van der Waals surface area (Å²) in [4.78, 5) is 21.0. The molecular formula is C10H9ClFNO4. The average molecular weight is 262 g/mol. The number of carbonyl (C=O) groups is 1. The highest BCUT2D eigenvalue weighted by Crippen LogP contribution is 2.31. The molecule has 0 radical (unpaired) electrons. The highest BCUT2D eigenvalue weighted by Gasteiger charge is 2.24. The number of halogens is 2. The van der Waals surface area contributed by atoms with Crippen LogP contribution in [0.3, 0.4) is 0 Å². The first kappa shape index (κ1) is 13.4. The normalized spacial score (nSPS) is 12.0. The van der Waals surface area contributed by atoms with Crippen molar-refractivity contribution in [3.8, 4) is 0 Å². The molecule has 1 unspecified atom stereocenters. The van der Waals surface area contributed by atoms with E-state index in [1.54, 1.807) is 0 Å². The smallest absolute Gasteiger partial charge is 0.312 e. The number of hydrogen-bond acceptors (Lipinski definition) is 4. The molecule has 0 aliphatic carbocycles. The van der Waals surface area contributed by atoms with E-state index in [1.807, 2.05) is 0 Å². The zero-order valence-corrected chi connectivity index (χ0v) is 9.82. The van der Waals surface area contributed by atoms with Crippen molar-refractivity contribution < 1.29 is 18.8 Å². The van der Waals surface area contributed by atoms with Gasteiger partial charge in [-0.3, -0.25) is 14.9 Å². The van der Waals surface area contributed by atoms with Gasteiger partial charge in [0.25, 0.3) is 0 Å². The van der Waals surface area contributed by atoms with Gasteiger partial charge in [0.2, 0.25) is 5.82 Å². The number of esters is 1. The lowest BCUT2D eigenvalue weighted by Crippen LogP contribution is -2.12. The lowest BCUT2D eigenvalue weighted by atomic mass is 10.0. The van der Waals surface area contributed by atoms with Crippen molar-refractivity contribution in [3.05, 3.63) is 38.7 Å². The summed E-state index contributed by atoms with van der Waals surface area (Å²) in [5.41, 5.74) is -0.563. The molecule has 17 heavy (non-hydrogen) atoms. The Hall–Kier alpha value is -1.69. The predicted molar refractivity (Wildman–Crippen MR) is 58.5 cm³/mol. The largest absolute Gasteiger partial charge is 0.469 e. The first-order valence-electron chi connectivity index (χ1n) is 4.59. The molecule has 0 saturated heterocycles. The van der Waals surface area contributed by atoms with Gasteiger partial charge in [-0.2, -0.15) is 4.39 Å². The van der Waals surface area contributed by atoms with E-state index in [9.17, 15) is 19.3 Å². The molecule has 0 heterocycles. The highest BCUT2D eigenvalue weighted by atomic mass is 35.5. The predicted octanol–water partition coefficient (Wildman–Crippen LogP) is 2.66. The summed E-state index contributed by atoms with van der Waals surface area (Å²) in [5.74, 6) is -2.44. The Morgan fingerprint density at radius 1 is 1.59 bits per heavy atom. The molecule has 92 valence electrons. The van der Waals surface area contributed by atoms with Crippen molar-refractivity contribution in [1.82, 2.24) is 0 Å². The Balaban J connectivity index is 3.29. The maximum Gasteiger partial charge on any atom is 0.312 e. The Morgan fingerprint density at radius 3 is 2.65 bits per heavy atom. The van der Waals surface area contributed by atoms with Crippen LogP contribution in [0.2, 0.25) is 5.02 Å². The number of nitrogens with zero attached hydrogens (tertiary/aromatic N) is 1. The number of benzene rings is 1. The SMILES string of the molecule is COC(=O)C(C)c1cc([N+](=O)[O-])c(F)cc1Cl. The number of ether oxygens (including phenoxy) is 1. The lowest BCUT2D eigenvalue weighted by Gasteiger charge is -2.11. The van der Waals surface area contributed by atoms with Crippen LogP contribution in [-0.2, 0) is 9.53 Å². The van der Waals surface area contributed by atoms with E-state index in [0.29, 0.717) is 0 Å². The van der Waals surface area contributed by atoms with Crippen LogP contribution >= 0.6 is 11.6 Å². The summed E-state index contributed by atoms with van der Waals surface area (Å²) in [6.07, 6.45) is 0. The number of methoxy groups -OCH3 is 1. The van der Waals surface area contributed by atoms with Gasteiger partial charge in [0.05, 0.1) is 18.0 Å². The molecule has 0 aliphatic rings. The molecule has 0 N–H and O–H groups in total. The van der Waals surface area contributed by atoms with Gasteiger partial charge in [0.15, 0.2) is 0 Å². The van der Waals surface area contributed by atoms with E-state index in [4.69, 9.17) is 11.6 Å². The molecule has 7 heteroatoms. The fourth-order valence-corrected chi connectivity index (χ4v) is 1.64. The molecule has 0 aromatic heterocycles. The van der Waals surface area contributed by atoms with Crippen molar-refractivity contribution >= 4 is 23.3 Å². The quantitative estimate of drug-likeness (QED) is 0.476. The number of nitro benzene ring substituents is 1. The van der Waals surface area contributed by atoms with Crippen molar-refractivity contribution in [2.24, 2.45) is 0 Å². The molecule has 1 aromatic rings. The van der Waals surface area contributed by atoms with Crippen molar-refractivity contribution in [3.63, 3.8) is 0 Å². The standard InChI is InChI=1S/C10H9ClFNO4/c1-5(10(14)17-2)6-3-9(13(15)16)8(12)4-7(6)11/h3-5H,1-2H3. The third-order valence-electron chi connectivity index (χ3n) is 2.28. The summed E-state index contributed by atoms with van der Waals surface area (Å²) < 4.78 is 17.7. The van der Waals surface area contributed by atoms with Crippen LogP contribution < -0.4 is 0 Å². The van der Waals surface area contributed by atoms with E-state index in [0.717, 1.165) is 12.1 Å². The van der Waals surface area contributed by atoms with E-state index in [1.165, 1.54) is 14.0 Å². The lowest BCUT2D eigenvalue weighted by molar-refractivity contribution is -0.387. The number of hydrogen-bond donors (Lipinski definition) is 0. The third-order valence-corrected chi connectivity index (χ3v) is 2.61. The van der Waals surface area contributed by atoms with Gasteiger partial charge in [0.1, 0.15) is 0 Å². The fourth-order valence-electron chi connectivity index (χ4n) is 1.33. The summed E-state index contributed by atoms with van der Waals surface area (Å²) in [6, 6.07) is 1.76. The number of nitro groups is 1. The molecule has 1 rings (SSSR count). The molecule has 0 amide bonds. The first-order valence-corrected chi connectivity index (χ1v) is 4.97. The van der Waals surface area contributed by atoms with Crippen LogP contribution in [0.4, 0.5) is 10.1 Å². The summed E-state index contributed by atoms with van der Waals surface area (Å²) in [5, 5.41) is 10.5. The minimum atomic E-state index is -1.04. The number of carbonyl (C=O) groups excluding carboxylic acids is 1. The van der Waals surface area contributed by atoms with Crippen molar-refractivity contribution in [2.75, 3.05) is 7.11 Å². The van der Waals surface area contributed by atoms with E-state index < -0.39 is 28.3 Å². The molecule has 0 spiro atoms. The molecule has 1 aromatic carbocycles. The minimum Gasteiger partial charge on any atom is -0.469 e. The summed E-state index contributed by atoms with van der Waals surface area (Å²) in [6.45, 7) is 1.47. The minimum absolute atomic E-state index is 0.0500. The summed E-state index contributed by atoms with van der Waals surface area (Å²) >= 11 is 5.73. The van der Waals surface area contributed by atoms with Gasteiger partial charge in [-0.1, -0.05) is 11.6 Å². The maximum atomic E-state index is 13.2. The van der Waals surface area contributed by atoms with Gasteiger partial charge >= 0.3 is 11.7 Å². The second-order valence-corrected chi connectivity index (χ2v) is 3.73. The Bertz CT molecular complexity index is 478. The van der Waals surface area contributed by atoms with Crippen LogP contribution in [0.25, 0.3) is 0 Å². The highest BCUT2D eigenvalue weighted by molar-refractivity contribution is 6.31. The van der Waals surface area contributed by atoms with E-state index >= 15 is 0 Å². The van der Waals surface area contributed by atoms with Crippen molar-refractivity contribution in [1.29, 1.82) is 0 Å². The van der Waals surface area contributed by atoms with E-state index in [2.05, 4.69) is 4.74 Å². The fraction of sp³-hybridized carbons (Fsp3) is 0.300. The van der Waals surface area contributed by atoms with Gasteiger partial charge < -0.3 is 4.74 Å². The Labute approximate surface area is 101 Å².